The number of amides is 1. The van der Waals surface area contributed by atoms with Crippen LogP contribution in [-0.4, -0.2) is 30.7 Å². The minimum absolute atomic E-state index is 0.0773. The number of ether oxygens (including phenoxy) is 1. The molecule has 6 nitrogen and oxygen atoms in total. The van der Waals surface area contributed by atoms with Gasteiger partial charge in [-0.1, -0.05) is 24.3 Å². The first-order chi connectivity index (χ1) is 12.6. The van der Waals surface area contributed by atoms with Crippen molar-refractivity contribution >= 4 is 17.7 Å². The van der Waals surface area contributed by atoms with Gasteiger partial charge in [-0.15, -0.1) is 0 Å². The molecule has 130 valence electrons. The Morgan fingerprint density at radius 3 is 2.65 bits per heavy atom. The summed E-state index contributed by atoms with van der Waals surface area (Å²) in [6.45, 7) is 0.0927. The Labute approximate surface area is 149 Å². The summed E-state index contributed by atoms with van der Waals surface area (Å²) in [5.41, 5.74) is 4.76. The van der Waals surface area contributed by atoms with E-state index < -0.39 is 6.09 Å². The number of benzene rings is 2. The Bertz CT molecular complexity index is 1010. The molecule has 2 aromatic rings. The van der Waals surface area contributed by atoms with Crippen LogP contribution < -0.4 is 10.6 Å². The van der Waals surface area contributed by atoms with E-state index in [2.05, 4.69) is 10.6 Å². The number of alkyl carbamates (subject to hydrolysis) is 1. The van der Waals surface area contributed by atoms with Crippen LogP contribution in [0.3, 0.4) is 0 Å². The lowest BCUT2D eigenvalue weighted by molar-refractivity contribution is -0.521. The van der Waals surface area contributed by atoms with Crippen molar-refractivity contribution in [3.63, 3.8) is 0 Å². The van der Waals surface area contributed by atoms with E-state index in [1.165, 1.54) is 7.05 Å². The summed E-state index contributed by atoms with van der Waals surface area (Å²) in [5.74, 6) is -0.213. The predicted octanol–water partition coefficient (Wildman–Crippen LogP) is 0.861. The third-order valence-electron chi connectivity index (χ3n) is 5.56. The van der Waals surface area contributed by atoms with Crippen LogP contribution in [0.25, 0.3) is 0 Å². The van der Waals surface area contributed by atoms with Gasteiger partial charge in [-0.3, -0.25) is 9.59 Å². The van der Waals surface area contributed by atoms with Gasteiger partial charge in [-0.2, -0.15) is 0 Å². The average Bonchev–Trinajstić information content (AvgIpc) is 3.33. The van der Waals surface area contributed by atoms with Crippen LogP contribution in [0.1, 0.15) is 54.6 Å². The summed E-state index contributed by atoms with van der Waals surface area (Å²) in [4.78, 5) is 37.6. The summed E-state index contributed by atoms with van der Waals surface area (Å²) < 4.78 is 5.23. The monoisotopic (exact) mass is 349 g/mol. The Morgan fingerprint density at radius 2 is 1.92 bits per heavy atom. The smallest absolute Gasteiger partial charge is 0.407 e. The van der Waals surface area contributed by atoms with Crippen molar-refractivity contribution in [2.24, 2.45) is 0 Å². The van der Waals surface area contributed by atoms with Gasteiger partial charge in [0, 0.05) is 41.3 Å². The second-order valence-electron chi connectivity index (χ2n) is 6.97. The molecule has 26 heavy (non-hydrogen) atoms. The SMILES string of the molecule is CNC(=O)OCc1cc2c(c3c1C1[NH2+]C1C3)C(=O)c1ccccc1C2=O. The number of nitrogens with one attached hydrogen (secondary N) is 1. The fraction of sp³-hybridized carbons (Fsp3) is 0.250. The van der Waals surface area contributed by atoms with Crippen molar-refractivity contribution in [2.75, 3.05) is 7.05 Å². The normalized spacial score (nSPS) is 21.4. The minimum atomic E-state index is -0.515. The molecule has 1 saturated heterocycles. The molecule has 5 rings (SSSR count). The first-order valence-corrected chi connectivity index (χ1v) is 8.66. The largest absolute Gasteiger partial charge is 0.445 e. The molecule has 2 unspecified atom stereocenters. The molecule has 1 aliphatic heterocycles. The third kappa shape index (κ3) is 1.99. The molecule has 0 spiro atoms. The lowest BCUT2D eigenvalue weighted by atomic mass is 9.79. The quantitative estimate of drug-likeness (QED) is 0.672. The molecule has 0 aromatic heterocycles. The topological polar surface area (TPSA) is 89.1 Å². The first kappa shape index (κ1) is 15.3. The number of rotatable bonds is 2. The number of hydrogen-bond donors (Lipinski definition) is 2. The number of quaternary nitrogens is 1. The second-order valence-corrected chi connectivity index (χ2v) is 6.97. The average molecular weight is 349 g/mol. The lowest BCUT2D eigenvalue weighted by Crippen LogP contribution is -2.62. The van der Waals surface area contributed by atoms with Gasteiger partial charge in [0.25, 0.3) is 0 Å². The number of ketones is 2. The molecule has 1 heterocycles. The van der Waals surface area contributed by atoms with E-state index in [-0.39, 0.29) is 18.2 Å². The van der Waals surface area contributed by atoms with Gasteiger partial charge in [0.15, 0.2) is 17.6 Å². The number of nitrogens with two attached hydrogens (primary N) is 1. The fourth-order valence-electron chi connectivity index (χ4n) is 4.32. The number of hydrogen-bond acceptors (Lipinski definition) is 4. The van der Waals surface area contributed by atoms with Crippen LogP contribution in [0.15, 0.2) is 30.3 Å². The van der Waals surface area contributed by atoms with Crippen molar-refractivity contribution in [1.82, 2.24) is 5.32 Å². The molecule has 2 atom stereocenters. The zero-order valence-electron chi connectivity index (χ0n) is 14.2. The molecule has 0 saturated carbocycles. The van der Waals surface area contributed by atoms with Crippen LogP contribution >= 0.6 is 0 Å². The second kappa shape index (κ2) is 5.25. The van der Waals surface area contributed by atoms with Gasteiger partial charge in [0.05, 0.1) is 0 Å². The standard InChI is InChI=1S/C20H16N2O4/c1-21-20(25)26-8-9-6-13-16(12-7-14-17(22-14)15(9)12)19(24)11-5-3-2-4-10(11)18(13)23/h2-6,14,17,22H,7-8H2,1H3,(H,21,25)/p+1. The Morgan fingerprint density at radius 1 is 1.19 bits per heavy atom. The van der Waals surface area contributed by atoms with Crippen molar-refractivity contribution < 1.29 is 24.4 Å². The van der Waals surface area contributed by atoms with Crippen LogP contribution in [0.2, 0.25) is 0 Å². The van der Waals surface area contributed by atoms with E-state index in [4.69, 9.17) is 4.74 Å². The molecule has 3 aliphatic rings. The molecule has 2 aliphatic carbocycles. The number of carbonyl (C=O) groups is 3. The van der Waals surface area contributed by atoms with Crippen LogP contribution in [0, 0.1) is 0 Å². The Balaban J connectivity index is 1.68. The molecule has 0 bridgehead atoms. The van der Waals surface area contributed by atoms with Crippen LogP contribution in [-0.2, 0) is 17.8 Å². The van der Waals surface area contributed by atoms with Gasteiger partial charge in [0.1, 0.15) is 12.6 Å². The third-order valence-corrected chi connectivity index (χ3v) is 5.56. The molecule has 1 fully saturated rings. The van der Waals surface area contributed by atoms with E-state index in [0.29, 0.717) is 34.3 Å². The fourth-order valence-corrected chi connectivity index (χ4v) is 4.32. The van der Waals surface area contributed by atoms with E-state index in [1.807, 2.05) is 0 Å². The zero-order chi connectivity index (χ0) is 18.0. The summed E-state index contributed by atoms with van der Waals surface area (Å²) in [6, 6.07) is 9.44. The van der Waals surface area contributed by atoms with E-state index >= 15 is 0 Å². The van der Waals surface area contributed by atoms with E-state index in [0.717, 1.165) is 23.1 Å². The molecule has 3 N–H and O–H groups in total. The minimum Gasteiger partial charge on any atom is -0.445 e. The lowest BCUT2D eigenvalue weighted by Gasteiger charge is -2.22. The maximum atomic E-state index is 13.1. The highest BCUT2D eigenvalue weighted by Crippen LogP contribution is 2.43. The van der Waals surface area contributed by atoms with Gasteiger partial charge in [-0.05, 0) is 17.2 Å². The van der Waals surface area contributed by atoms with Crippen molar-refractivity contribution in [1.29, 1.82) is 0 Å². The maximum absolute atomic E-state index is 13.1. The predicted molar refractivity (Wildman–Crippen MR) is 91.2 cm³/mol. The van der Waals surface area contributed by atoms with Crippen molar-refractivity contribution in [3.05, 3.63) is 69.3 Å². The molecule has 2 aromatic carbocycles. The van der Waals surface area contributed by atoms with Crippen molar-refractivity contribution in [3.8, 4) is 0 Å². The maximum Gasteiger partial charge on any atom is 0.407 e. The summed E-state index contributed by atoms with van der Waals surface area (Å²) >= 11 is 0. The molecular weight excluding hydrogens is 332 g/mol. The van der Waals surface area contributed by atoms with Gasteiger partial charge >= 0.3 is 6.09 Å². The Kier molecular flexibility index (Phi) is 3.09. The molecule has 1 amide bonds. The highest BCUT2D eigenvalue weighted by atomic mass is 16.5. The van der Waals surface area contributed by atoms with Gasteiger partial charge < -0.3 is 15.4 Å². The Hall–Kier alpha value is -2.99. The summed E-state index contributed by atoms with van der Waals surface area (Å²) in [7, 11) is 1.50. The van der Waals surface area contributed by atoms with Gasteiger partial charge in [-0.25, -0.2) is 4.79 Å². The number of fused-ring (bicyclic) bond motifs is 6. The molecule has 6 heteroatoms. The first-order valence-electron chi connectivity index (χ1n) is 8.66. The molecular formula is C20H17N2O4+. The zero-order valence-corrected chi connectivity index (χ0v) is 14.2. The highest BCUT2D eigenvalue weighted by Gasteiger charge is 2.54. The summed E-state index contributed by atoms with van der Waals surface area (Å²) in [6.07, 6.45) is 0.260. The molecule has 0 radical (unpaired) electrons. The van der Waals surface area contributed by atoms with E-state index in [1.54, 1.807) is 30.3 Å². The van der Waals surface area contributed by atoms with Crippen molar-refractivity contribution in [2.45, 2.75) is 25.1 Å². The van der Waals surface area contributed by atoms with E-state index in [9.17, 15) is 14.4 Å². The van der Waals surface area contributed by atoms with Crippen LogP contribution in [0.5, 0.6) is 0 Å². The van der Waals surface area contributed by atoms with Gasteiger partial charge in [0.2, 0.25) is 0 Å². The number of carbonyl (C=O) groups excluding carboxylic acids is 3. The summed E-state index contributed by atoms with van der Waals surface area (Å²) in [5, 5.41) is 4.66. The van der Waals surface area contributed by atoms with Crippen LogP contribution in [0.4, 0.5) is 4.79 Å². The highest BCUT2D eigenvalue weighted by molar-refractivity contribution is 6.29.